The van der Waals surface area contributed by atoms with Crippen LogP contribution in [-0.4, -0.2) is 35.7 Å². The van der Waals surface area contributed by atoms with E-state index in [1.54, 1.807) is 11.8 Å². The number of carbonyl (C=O) groups excluding carboxylic acids is 1. The van der Waals surface area contributed by atoms with Crippen LogP contribution in [0.15, 0.2) is 57.9 Å². The largest absolute Gasteiger partial charge is 0.353 e. The van der Waals surface area contributed by atoms with Crippen LogP contribution in [0.2, 0.25) is 5.02 Å². The number of hydrogen-bond acceptors (Lipinski definition) is 3. The van der Waals surface area contributed by atoms with Crippen molar-refractivity contribution < 1.29 is 4.79 Å². The smallest absolute Gasteiger partial charge is 0.230 e. The van der Waals surface area contributed by atoms with Crippen LogP contribution in [0.4, 0.5) is 0 Å². The quantitative estimate of drug-likeness (QED) is 0.626. The van der Waals surface area contributed by atoms with Crippen molar-refractivity contribution in [3.63, 3.8) is 0 Å². The molecule has 6 heteroatoms. The van der Waals surface area contributed by atoms with Crippen molar-refractivity contribution >= 4 is 45.2 Å². The van der Waals surface area contributed by atoms with E-state index in [9.17, 15) is 4.79 Å². The van der Waals surface area contributed by atoms with Gasteiger partial charge in [0.1, 0.15) is 0 Å². The second-order valence-corrected chi connectivity index (χ2v) is 8.89. The molecule has 0 aromatic heterocycles. The number of hydrogen-bond donors (Lipinski definition) is 1. The molecule has 138 valence electrons. The number of nitrogens with zero attached hydrogens (tertiary/aromatic N) is 1. The summed E-state index contributed by atoms with van der Waals surface area (Å²) >= 11 is 10.9. The Balaban J connectivity index is 1.37. The maximum atomic E-state index is 12.2. The first-order valence-electron chi connectivity index (χ1n) is 8.73. The Bertz CT molecular complexity index is 716. The summed E-state index contributed by atoms with van der Waals surface area (Å²) in [5, 5.41) is 3.95. The zero-order valence-corrected chi connectivity index (χ0v) is 17.6. The highest BCUT2D eigenvalue weighted by Crippen LogP contribution is 2.21. The van der Waals surface area contributed by atoms with Crippen molar-refractivity contribution in [2.75, 3.05) is 18.8 Å². The van der Waals surface area contributed by atoms with Gasteiger partial charge in [-0.15, -0.1) is 11.8 Å². The lowest BCUT2D eigenvalue weighted by atomic mass is 10.0. The Morgan fingerprint density at radius 1 is 1.12 bits per heavy atom. The van der Waals surface area contributed by atoms with Crippen molar-refractivity contribution in [3.05, 3.63) is 63.6 Å². The predicted octanol–water partition coefficient (Wildman–Crippen LogP) is 4.98. The molecule has 0 spiro atoms. The van der Waals surface area contributed by atoms with E-state index in [4.69, 9.17) is 11.6 Å². The molecule has 0 unspecified atom stereocenters. The molecule has 0 saturated carbocycles. The van der Waals surface area contributed by atoms with Gasteiger partial charge in [-0.2, -0.15) is 0 Å². The average molecular weight is 454 g/mol. The van der Waals surface area contributed by atoms with Crippen molar-refractivity contribution in [1.82, 2.24) is 10.2 Å². The first-order valence-corrected chi connectivity index (χ1v) is 10.9. The number of carbonyl (C=O) groups is 1. The molecule has 1 aliphatic heterocycles. The van der Waals surface area contributed by atoms with Crippen LogP contribution < -0.4 is 5.32 Å². The van der Waals surface area contributed by atoms with Gasteiger partial charge in [-0.3, -0.25) is 9.69 Å². The number of amides is 1. The van der Waals surface area contributed by atoms with E-state index < -0.39 is 0 Å². The summed E-state index contributed by atoms with van der Waals surface area (Å²) in [5.74, 6) is 0.584. The molecular formula is C20H22BrClN2OS. The maximum absolute atomic E-state index is 12.2. The molecule has 3 rings (SSSR count). The van der Waals surface area contributed by atoms with E-state index in [1.165, 1.54) is 5.56 Å². The van der Waals surface area contributed by atoms with Gasteiger partial charge in [-0.1, -0.05) is 39.7 Å². The number of rotatable bonds is 6. The number of benzene rings is 2. The first-order chi connectivity index (χ1) is 12.6. The first kappa shape index (κ1) is 19.7. The van der Waals surface area contributed by atoms with Gasteiger partial charge >= 0.3 is 0 Å². The molecule has 1 N–H and O–H groups in total. The Labute approximate surface area is 172 Å². The van der Waals surface area contributed by atoms with Gasteiger partial charge in [0.15, 0.2) is 0 Å². The molecule has 26 heavy (non-hydrogen) atoms. The Kier molecular flexibility index (Phi) is 7.43. The summed E-state index contributed by atoms with van der Waals surface area (Å²) in [6.07, 6.45) is 2.00. The zero-order valence-electron chi connectivity index (χ0n) is 14.5. The maximum Gasteiger partial charge on any atom is 0.230 e. The van der Waals surface area contributed by atoms with Crippen LogP contribution in [0.25, 0.3) is 0 Å². The van der Waals surface area contributed by atoms with Gasteiger partial charge in [0.2, 0.25) is 5.91 Å². The molecule has 1 aliphatic rings. The third kappa shape index (κ3) is 6.31. The van der Waals surface area contributed by atoms with E-state index in [2.05, 4.69) is 38.3 Å². The molecule has 0 bridgehead atoms. The number of nitrogens with one attached hydrogen (secondary N) is 1. The van der Waals surface area contributed by atoms with Gasteiger partial charge in [0.05, 0.1) is 5.75 Å². The van der Waals surface area contributed by atoms with Crippen LogP contribution in [0.5, 0.6) is 0 Å². The molecule has 0 atom stereocenters. The van der Waals surface area contributed by atoms with Crippen LogP contribution in [0.3, 0.4) is 0 Å². The van der Waals surface area contributed by atoms with Crippen molar-refractivity contribution in [2.45, 2.75) is 30.3 Å². The van der Waals surface area contributed by atoms with Gasteiger partial charge in [0, 0.05) is 40.1 Å². The average Bonchev–Trinajstić information content (AvgIpc) is 2.65. The van der Waals surface area contributed by atoms with E-state index in [-0.39, 0.29) is 11.9 Å². The van der Waals surface area contributed by atoms with Gasteiger partial charge in [-0.05, 0) is 54.8 Å². The fourth-order valence-corrected chi connectivity index (χ4v) is 4.13. The van der Waals surface area contributed by atoms with Crippen LogP contribution >= 0.6 is 39.3 Å². The van der Waals surface area contributed by atoms with Gasteiger partial charge in [0.25, 0.3) is 0 Å². The number of piperidine rings is 1. The normalized spacial score (nSPS) is 15.8. The van der Waals surface area contributed by atoms with Gasteiger partial charge in [-0.25, -0.2) is 0 Å². The molecule has 0 radical (unpaired) electrons. The van der Waals surface area contributed by atoms with Crippen molar-refractivity contribution in [1.29, 1.82) is 0 Å². The van der Waals surface area contributed by atoms with E-state index >= 15 is 0 Å². The Morgan fingerprint density at radius 2 is 1.77 bits per heavy atom. The lowest BCUT2D eigenvalue weighted by molar-refractivity contribution is -0.119. The second kappa shape index (κ2) is 9.79. The molecular weight excluding hydrogens is 432 g/mol. The van der Waals surface area contributed by atoms with E-state index in [0.717, 1.165) is 46.9 Å². The number of thioether (sulfide) groups is 1. The topological polar surface area (TPSA) is 32.3 Å². The summed E-state index contributed by atoms with van der Waals surface area (Å²) in [5.41, 5.74) is 1.28. The number of likely N-dealkylation sites (tertiary alicyclic amines) is 1. The van der Waals surface area contributed by atoms with Crippen molar-refractivity contribution in [2.24, 2.45) is 0 Å². The minimum absolute atomic E-state index is 0.120. The lowest BCUT2D eigenvalue weighted by Crippen LogP contribution is -2.44. The molecule has 2 aromatic rings. The van der Waals surface area contributed by atoms with E-state index in [0.29, 0.717) is 5.75 Å². The third-order valence-corrected chi connectivity index (χ3v) is 6.25. The second-order valence-electron chi connectivity index (χ2n) is 6.49. The molecule has 0 aliphatic carbocycles. The van der Waals surface area contributed by atoms with E-state index in [1.807, 2.05) is 36.4 Å². The summed E-state index contributed by atoms with van der Waals surface area (Å²) in [7, 11) is 0. The zero-order chi connectivity index (χ0) is 18.4. The Morgan fingerprint density at radius 3 is 2.42 bits per heavy atom. The third-order valence-electron chi connectivity index (χ3n) is 4.46. The fraction of sp³-hybridized carbons (Fsp3) is 0.350. The summed E-state index contributed by atoms with van der Waals surface area (Å²) in [6.45, 7) is 2.96. The van der Waals surface area contributed by atoms with Crippen LogP contribution in [0.1, 0.15) is 18.4 Å². The highest BCUT2D eigenvalue weighted by molar-refractivity contribution is 9.10. The molecule has 1 amide bonds. The molecule has 1 fully saturated rings. The number of halogens is 2. The lowest BCUT2D eigenvalue weighted by Gasteiger charge is -2.32. The van der Waals surface area contributed by atoms with Crippen LogP contribution in [-0.2, 0) is 11.3 Å². The van der Waals surface area contributed by atoms with Crippen LogP contribution in [0, 0.1) is 0 Å². The van der Waals surface area contributed by atoms with Gasteiger partial charge < -0.3 is 5.32 Å². The highest BCUT2D eigenvalue weighted by atomic mass is 79.9. The predicted molar refractivity (Wildman–Crippen MR) is 113 cm³/mol. The summed E-state index contributed by atoms with van der Waals surface area (Å²) in [4.78, 5) is 15.7. The molecule has 1 heterocycles. The monoisotopic (exact) mass is 452 g/mol. The fourth-order valence-electron chi connectivity index (χ4n) is 3.03. The summed E-state index contributed by atoms with van der Waals surface area (Å²) < 4.78 is 1.05. The molecule has 1 saturated heterocycles. The standard InChI is InChI=1S/C20H22BrClN2OS/c21-16-3-7-19(8-4-16)26-14-20(25)23-18-9-11-24(12-10-18)13-15-1-5-17(22)6-2-15/h1-8,18H,9-14H2,(H,23,25). The highest BCUT2D eigenvalue weighted by Gasteiger charge is 2.20. The Hall–Kier alpha value is -1.01. The minimum Gasteiger partial charge on any atom is -0.353 e. The SMILES string of the molecule is O=C(CSc1ccc(Br)cc1)NC1CCN(Cc2ccc(Cl)cc2)CC1. The summed E-state index contributed by atoms with van der Waals surface area (Å²) in [6, 6.07) is 16.4. The molecule has 2 aromatic carbocycles. The van der Waals surface area contributed by atoms with Crippen molar-refractivity contribution in [3.8, 4) is 0 Å². The minimum atomic E-state index is 0.120. The molecule has 3 nitrogen and oxygen atoms in total.